The minimum absolute atomic E-state index is 0.653. The number of nitrogens with zero attached hydrogens (tertiary/aromatic N) is 3. The molecular weight excluding hydrogens is 248 g/mol. The smallest absolute Gasteiger partial charge is 0.142 e. The maximum atomic E-state index is 6.21. The zero-order valence-electron chi connectivity index (χ0n) is 11.5. The molecule has 2 N–H and O–H groups in total. The van der Waals surface area contributed by atoms with Gasteiger partial charge in [0.1, 0.15) is 17.3 Å². The molecule has 4 nitrogen and oxygen atoms in total. The molecule has 3 aromatic rings. The number of nitrogen functional groups attached to an aromatic ring is 1. The van der Waals surface area contributed by atoms with Crippen molar-refractivity contribution < 1.29 is 0 Å². The number of rotatable bonds is 2. The van der Waals surface area contributed by atoms with Gasteiger partial charge in [-0.05, 0) is 18.6 Å². The molecule has 3 rings (SSSR count). The number of hydrogen-bond acceptors (Lipinski definition) is 3. The first kappa shape index (κ1) is 12.4. The largest absolute Gasteiger partial charge is 0.383 e. The van der Waals surface area contributed by atoms with Gasteiger partial charge in [0.05, 0.1) is 0 Å². The van der Waals surface area contributed by atoms with Crippen LogP contribution in [-0.4, -0.2) is 14.5 Å². The van der Waals surface area contributed by atoms with Gasteiger partial charge in [-0.1, -0.05) is 30.3 Å². The van der Waals surface area contributed by atoms with Crippen molar-refractivity contribution >= 4 is 5.82 Å². The van der Waals surface area contributed by atoms with E-state index in [1.165, 1.54) is 0 Å². The van der Waals surface area contributed by atoms with Gasteiger partial charge in [-0.25, -0.2) is 4.98 Å². The summed E-state index contributed by atoms with van der Waals surface area (Å²) in [6.45, 7) is 2.04. The van der Waals surface area contributed by atoms with Gasteiger partial charge in [-0.15, -0.1) is 0 Å². The lowest BCUT2D eigenvalue weighted by atomic mass is 10.1. The average molecular weight is 264 g/mol. The van der Waals surface area contributed by atoms with Crippen molar-refractivity contribution in [2.45, 2.75) is 6.92 Å². The van der Waals surface area contributed by atoms with Crippen LogP contribution in [0.5, 0.6) is 0 Å². The maximum Gasteiger partial charge on any atom is 0.142 e. The van der Waals surface area contributed by atoms with Crippen LogP contribution < -0.4 is 5.73 Å². The van der Waals surface area contributed by atoms with Crippen molar-refractivity contribution in [2.24, 2.45) is 7.05 Å². The second-order valence-electron chi connectivity index (χ2n) is 4.78. The van der Waals surface area contributed by atoms with Crippen LogP contribution in [0.15, 0.2) is 48.8 Å². The highest BCUT2D eigenvalue weighted by Gasteiger charge is 2.16. The number of imidazole rings is 1. The van der Waals surface area contributed by atoms with Crippen LogP contribution in [0.25, 0.3) is 22.6 Å². The molecule has 0 saturated heterocycles. The van der Waals surface area contributed by atoms with Crippen molar-refractivity contribution in [1.29, 1.82) is 0 Å². The van der Waals surface area contributed by atoms with Crippen LogP contribution in [0.3, 0.4) is 0 Å². The number of benzene rings is 1. The normalized spacial score (nSPS) is 10.7. The summed E-state index contributed by atoms with van der Waals surface area (Å²) in [4.78, 5) is 8.88. The number of pyridine rings is 1. The Balaban J connectivity index is 2.19. The number of hydrogen-bond donors (Lipinski definition) is 1. The van der Waals surface area contributed by atoms with Crippen molar-refractivity contribution in [1.82, 2.24) is 14.5 Å². The summed E-state index contributed by atoms with van der Waals surface area (Å²) in [5.41, 5.74) is 10.1. The minimum atomic E-state index is 0.653. The third kappa shape index (κ3) is 1.95. The molecule has 0 unspecified atom stereocenters. The van der Waals surface area contributed by atoms with E-state index in [0.29, 0.717) is 5.82 Å². The van der Waals surface area contributed by atoms with E-state index in [1.807, 2.05) is 61.1 Å². The fourth-order valence-electron chi connectivity index (χ4n) is 2.27. The number of aromatic nitrogens is 3. The summed E-state index contributed by atoms with van der Waals surface area (Å²) >= 11 is 0. The minimum Gasteiger partial charge on any atom is -0.383 e. The third-order valence-electron chi connectivity index (χ3n) is 3.47. The van der Waals surface area contributed by atoms with Gasteiger partial charge in [0.2, 0.25) is 0 Å². The van der Waals surface area contributed by atoms with Gasteiger partial charge >= 0.3 is 0 Å². The molecule has 0 spiro atoms. The first-order chi connectivity index (χ1) is 9.68. The molecular formula is C16H16N4. The molecule has 2 heterocycles. The molecule has 0 aliphatic heterocycles. The van der Waals surface area contributed by atoms with Crippen LogP contribution in [0.2, 0.25) is 0 Å². The highest BCUT2D eigenvalue weighted by Crippen LogP contribution is 2.31. The molecule has 2 aromatic heterocycles. The highest BCUT2D eigenvalue weighted by atomic mass is 15.1. The Morgan fingerprint density at radius 1 is 1.10 bits per heavy atom. The Hall–Kier alpha value is -2.62. The highest BCUT2D eigenvalue weighted by molar-refractivity contribution is 5.76. The molecule has 0 bridgehead atoms. The number of aryl methyl sites for hydroxylation is 1. The summed E-state index contributed by atoms with van der Waals surface area (Å²) in [6.07, 6.45) is 3.58. The summed E-state index contributed by atoms with van der Waals surface area (Å²) < 4.78 is 1.91. The quantitative estimate of drug-likeness (QED) is 0.774. The first-order valence-electron chi connectivity index (χ1n) is 6.47. The molecule has 0 atom stereocenters. The lowest BCUT2D eigenvalue weighted by molar-refractivity contribution is 0.937. The van der Waals surface area contributed by atoms with Crippen LogP contribution in [0.1, 0.15) is 5.56 Å². The van der Waals surface area contributed by atoms with Crippen molar-refractivity contribution in [2.75, 3.05) is 5.73 Å². The van der Waals surface area contributed by atoms with E-state index >= 15 is 0 Å². The second kappa shape index (κ2) is 4.81. The van der Waals surface area contributed by atoms with Gasteiger partial charge < -0.3 is 10.3 Å². The molecule has 0 radical (unpaired) electrons. The zero-order chi connectivity index (χ0) is 14.1. The van der Waals surface area contributed by atoms with Crippen molar-refractivity contribution in [3.05, 3.63) is 54.4 Å². The maximum absolute atomic E-state index is 6.21. The van der Waals surface area contributed by atoms with Crippen LogP contribution in [0.4, 0.5) is 5.82 Å². The van der Waals surface area contributed by atoms with Gasteiger partial charge in [0.15, 0.2) is 0 Å². The van der Waals surface area contributed by atoms with Crippen molar-refractivity contribution in [3.63, 3.8) is 0 Å². The molecule has 0 saturated carbocycles. The molecule has 0 amide bonds. The summed E-state index contributed by atoms with van der Waals surface area (Å²) in [5, 5.41) is 0. The van der Waals surface area contributed by atoms with Crippen LogP contribution >= 0.6 is 0 Å². The number of anilines is 1. The number of nitrogens with two attached hydrogens (primary N) is 1. The van der Waals surface area contributed by atoms with Gasteiger partial charge in [0, 0.05) is 30.6 Å². The van der Waals surface area contributed by atoms with Crippen LogP contribution in [0, 0.1) is 6.92 Å². The van der Waals surface area contributed by atoms with E-state index in [4.69, 9.17) is 10.7 Å². The summed E-state index contributed by atoms with van der Waals surface area (Å²) in [7, 11) is 1.93. The Bertz CT molecular complexity index is 744. The Morgan fingerprint density at radius 2 is 1.85 bits per heavy atom. The lowest BCUT2D eigenvalue weighted by Crippen LogP contribution is -1.99. The van der Waals surface area contributed by atoms with E-state index in [0.717, 1.165) is 28.2 Å². The van der Waals surface area contributed by atoms with Crippen molar-refractivity contribution in [3.8, 4) is 22.6 Å². The zero-order valence-corrected chi connectivity index (χ0v) is 11.5. The predicted octanol–water partition coefficient (Wildman–Crippen LogP) is 3.04. The summed E-state index contributed by atoms with van der Waals surface area (Å²) in [6, 6.07) is 12.0. The van der Waals surface area contributed by atoms with Gasteiger partial charge in [-0.2, -0.15) is 0 Å². The molecule has 100 valence electrons. The third-order valence-corrected chi connectivity index (χ3v) is 3.47. The average Bonchev–Trinajstić information content (AvgIpc) is 2.77. The van der Waals surface area contributed by atoms with E-state index in [-0.39, 0.29) is 0 Å². The molecule has 1 aromatic carbocycles. The monoisotopic (exact) mass is 264 g/mol. The van der Waals surface area contributed by atoms with E-state index < -0.39 is 0 Å². The fourth-order valence-corrected chi connectivity index (χ4v) is 2.27. The van der Waals surface area contributed by atoms with E-state index in [2.05, 4.69) is 4.98 Å². The molecule has 4 heteroatoms. The summed E-state index contributed by atoms with van der Waals surface area (Å²) in [5.74, 6) is 1.52. The topological polar surface area (TPSA) is 56.7 Å². The first-order valence-corrected chi connectivity index (χ1v) is 6.47. The predicted molar refractivity (Wildman–Crippen MR) is 81.0 cm³/mol. The van der Waals surface area contributed by atoms with Crippen LogP contribution in [-0.2, 0) is 7.05 Å². The molecule has 0 fully saturated rings. The van der Waals surface area contributed by atoms with E-state index in [9.17, 15) is 0 Å². The Morgan fingerprint density at radius 3 is 2.55 bits per heavy atom. The van der Waals surface area contributed by atoms with Gasteiger partial charge in [0.25, 0.3) is 0 Å². The lowest BCUT2D eigenvalue weighted by Gasteiger charge is -2.03. The fraction of sp³-hybridized carbons (Fsp3) is 0.125. The SMILES string of the molecule is Cc1ccncc1-c1nc(-c2ccccc2)n(C)c1N. The molecule has 20 heavy (non-hydrogen) atoms. The van der Waals surface area contributed by atoms with Gasteiger partial charge in [-0.3, -0.25) is 4.98 Å². The Kier molecular flexibility index (Phi) is 2.99. The molecule has 0 aliphatic carbocycles. The van der Waals surface area contributed by atoms with E-state index in [1.54, 1.807) is 6.20 Å². The Labute approximate surface area is 117 Å². The standard InChI is InChI=1S/C16H16N4/c1-11-8-9-18-10-13(11)14-15(17)20(2)16(19-14)12-6-4-3-5-7-12/h3-10H,17H2,1-2H3. The second-order valence-corrected chi connectivity index (χ2v) is 4.78. The molecule has 0 aliphatic rings.